The van der Waals surface area contributed by atoms with Crippen molar-refractivity contribution in [2.75, 3.05) is 26.0 Å². The van der Waals surface area contributed by atoms with Gasteiger partial charge in [-0.05, 0) is 13.8 Å². The van der Waals surface area contributed by atoms with Crippen molar-refractivity contribution in [2.24, 2.45) is 0 Å². The highest BCUT2D eigenvalue weighted by molar-refractivity contribution is 8.00. The van der Waals surface area contributed by atoms with E-state index in [0.29, 0.717) is 24.6 Å². The molecule has 0 aliphatic carbocycles. The quantitative estimate of drug-likeness (QED) is 0.464. The van der Waals surface area contributed by atoms with E-state index < -0.39 is 4.92 Å². The monoisotopic (exact) mass is 314 g/mol. The number of esters is 1. The largest absolute Gasteiger partial charge is 0.468 e. The van der Waals surface area contributed by atoms with E-state index in [2.05, 4.69) is 10.00 Å². The van der Waals surface area contributed by atoms with Crippen molar-refractivity contribution in [3.05, 3.63) is 21.5 Å². The number of nitro groups is 1. The number of hydrogen-bond donors (Lipinski definition) is 0. The van der Waals surface area contributed by atoms with Gasteiger partial charge in [-0.15, -0.1) is 11.8 Å². The molecule has 8 nitrogen and oxygen atoms in total. The SMILES string of the molecule is COC(=O)[C@H]1CN(Cn2nc(C)c([N+](=O)[O-])c2C)CCS1. The van der Waals surface area contributed by atoms with Gasteiger partial charge in [0.15, 0.2) is 0 Å². The van der Waals surface area contributed by atoms with Gasteiger partial charge in [-0.25, -0.2) is 4.68 Å². The maximum absolute atomic E-state index is 11.6. The molecule has 0 bridgehead atoms. The fourth-order valence-corrected chi connectivity index (χ4v) is 3.58. The molecule has 1 aliphatic rings. The van der Waals surface area contributed by atoms with Gasteiger partial charge in [0.25, 0.3) is 0 Å². The Hall–Kier alpha value is -1.61. The van der Waals surface area contributed by atoms with E-state index in [1.165, 1.54) is 7.11 Å². The molecule has 0 amide bonds. The van der Waals surface area contributed by atoms with Gasteiger partial charge in [0.2, 0.25) is 0 Å². The lowest BCUT2D eigenvalue weighted by Gasteiger charge is -2.30. The lowest BCUT2D eigenvalue weighted by molar-refractivity contribution is -0.386. The van der Waals surface area contributed by atoms with Crippen molar-refractivity contribution < 1.29 is 14.5 Å². The smallest absolute Gasteiger partial charge is 0.320 e. The predicted octanol–water partition coefficient (Wildman–Crippen LogP) is 0.956. The number of rotatable bonds is 4. The molecule has 0 saturated carbocycles. The standard InChI is InChI=1S/C12H18N4O4S/c1-8-11(16(18)19)9(2)15(13-8)7-14-4-5-21-10(6-14)12(17)20-3/h10H,4-7H2,1-3H3/t10-/m1/s1. The van der Waals surface area contributed by atoms with Gasteiger partial charge in [0.05, 0.1) is 18.7 Å². The van der Waals surface area contributed by atoms with E-state index in [1.54, 1.807) is 30.3 Å². The van der Waals surface area contributed by atoms with Crippen LogP contribution in [0.3, 0.4) is 0 Å². The summed E-state index contributed by atoms with van der Waals surface area (Å²) < 4.78 is 6.39. The Morgan fingerprint density at radius 3 is 2.86 bits per heavy atom. The third kappa shape index (κ3) is 3.35. The summed E-state index contributed by atoms with van der Waals surface area (Å²) in [7, 11) is 1.38. The first-order valence-electron chi connectivity index (χ1n) is 6.54. The molecule has 1 fully saturated rings. The molecule has 0 unspecified atom stereocenters. The number of methoxy groups -OCH3 is 1. The van der Waals surface area contributed by atoms with Gasteiger partial charge in [-0.3, -0.25) is 19.8 Å². The molecule has 1 saturated heterocycles. The average Bonchev–Trinajstić information content (AvgIpc) is 2.72. The molecule has 1 aliphatic heterocycles. The summed E-state index contributed by atoms with van der Waals surface area (Å²) >= 11 is 1.57. The van der Waals surface area contributed by atoms with Crippen LogP contribution in [0.25, 0.3) is 0 Å². The van der Waals surface area contributed by atoms with Crippen molar-refractivity contribution in [3.8, 4) is 0 Å². The summed E-state index contributed by atoms with van der Waals surface area (Å²) in [6, 6.07) is 0. The average molecular weight is 314 g/mol. The zero-order chi connectivity index (χ0) is 15.6. The number of carbonyl (C=O) groups is 1. The molecule has 0 radical (unpaired) electrons. The Labute approximate surface area is 126 Å². The van der Waals surface area contributed by atoms with Gasteiger partial charge in [-0.1, -0.05) is 0 Å². The van der Waals surface area contributed by atoms with Crippen LogP contribution in [0.5, 0.6) is 0 Å². The summed E-state index contributed by atoms with van der Waals surface area (Å²) in [6.07, 6.45) is 0. The Bertz CT molecular complexity index is 560. The molecule has 1 atom stereocenters. The highest BCUT2D eigenvalue weighted by Gasteiger charge is 2.29. The zero-order valence-corrected chi connectivity index (χ0v) is 13.1. The summed E-state index contributed by atoms with van der Waals surface area (Å²) in [5.41, 5.74) is 1.00. The third-order valence-corrected chi connectivity index (χ3v) is 4.64. The topological polar surface area (TPSA) is 90.5 Å². The van der Waals surface area contributed by atoms with E-state index in [9.17, 15) is 14.9 Å². The van der Waals surface area contributed by atoms with Crippen LogP contribution in [0.4, 0.5) is 5.69 Å². The van der Waals surface area contributed by atoms with Crippen LogP contribution in [-0.4, -0.2) is 56.8 Å². The van der Waals surface area contributed by atoms with Gasteiger partial charge in [0, 0.05) is 18.8 Å². The molecule has 1 aromatic rings. The van der Waals surface area contributed by atoms with Crippen LogP contribution in [0.1, 0.15) is 11.4 Å². The minimum atomic E-state index is -0.405. The van der Waals surface area contributed by atoms with Gasteiger partial charge < -0.3 is 4.74 Å². The highest BCUT2D eigenvalue weighted by Crippen LogP contribution is 2.24. The first-order chi connectivity index (χ1) is 9.93. The van der Waals surface area contributed by atoms with Crippen LogP contribution in [0, 0.1) is 24.0 Å². The number of aryl methyl sites for hydroxylation is 1. The fraction of sp³-hybridized carbons (Fsp3) is 0.667. The Morgan fingerprint density at radius 2 is 2.29 bits per heavy atom. The number of carbonyl (C=O) groups excluding carboxylic acids is 1. The second kappa shape index (κ2) is 6.44. The molecule has 0 N–H and O–H groups in total. The summed E-state index contributed by atoms with van der Waals surface area (Å²) in [4.78, 5) is 24.3. The Kier molecular flexibility index (Phi) is 4.84. The highest BCUT2D eigenvalue weighted by atomic mass is 32.2. The molecule has 21 heavy (non-hydrogen) atoms. The number of aromatic nitrogens is 2. The maximum Gasteiger partial charge on any atom is 0.320 e. The fourth-order valence-electron chi connectivity index (χ4n) is 2.38. The first kappa shape index (κ1) is 15.8. The number of hydrogen-bond acceptors (Lipinski definition) is 7. The molecule has 0 spiro atoms. The lowest BCUT2D eigenvalue weighted by Crippen LogP contribution is -2.42. The third-order valence-electron chi connectivity index (χ3n) is 3.47. The molecule has 2 rings (SSSR count). The van der Waals surface area contributed by atoms with Crippen molar-refractivity contribution in [1.29, 1.82) is 0 Å². The predicted molar refractivity (Wildman–Crippen MR) is 78.2 cm³/mol. The van der Waals surface area contributed by atoms with Crippen LogP contribution in [0.15, 0.2) is 0 Å². The van der Waals surface area contributed by atoms with Gasteiger partial charge in [-0.2, -0.15) is 5.10 Å². The molecule has 2 heterocycles. The summed E-state index contributed by atoms with van der Waals surface area (Å²) in [5, 5.41) is 15.0. The van der Waals surface area contributed by atoms with Crippen molar-refractivity contribution in [2.45, 2.75) is 25.8 Å². The number of ether oxygens (including phenoxy) is 1. The zero-order valence-electron chi connectivity index (χ0n) is 12.2. The summed E-state index contributed by atoms with van der Waals surface area (Å²) in [6.45, 7) is 5.13. The van der Waals surface area contributed by atoms with Crippen molar-refractivity contribution in [1.82, 2.24) is 14.7 Å². The van der Waals surface area contributed by atoms with Gasteiger partial charge in [0.1, 0.15) is 16.6 Å². The van der Waals surface area contributed by atoms with E-state index in [-0.39, 0.29) is 16.9 Å². The van der Waals surface area contributed by atoms with E-state index in [1.807, 2.05) is 0 Å². The number of nitrogens with zero attached hydrogens (tertiary/aromatic N) is 4. The second-order valence-corrected chi connectivity index (χ2v) is 6.19. The normalized spacial score (nSPS) is 19.5. The van der Waals surface area contributed by atoms with E-state index in [4.69, 9.17) is 4.74 Å². The first-order valence-corrected chi connectivity index (χ1v) is 7.59. The molecular formula is C12H18N4O4S. The van der Waals surface area contributed by atoms with Crippen LogP contribution < -0.4 is 0 Å². The molecule has 0 aromatic carbocycles. The minimum Gasteiger partial charge on any atom is -0.468 e. The lowest BCUT2D eigenvalue weighted by atomic mass is 10.3. The molecule has 1 aromatic heterocycles. The Morgan fingerprint density at radius 1 is 1.57 bits per heavy atom. The van der Waals surface area contributed by atoms with Crippen LogP contribution in [0.2, 0.25) is 0 Å². The van der Waals surface area contributed by atoms with E-state index >= 15 is 0 Å². The minimum absolute atomic E-state index is 0.0610. The number of thioether (sulfide) groups is 1. The van der Waals surface area contributed by atoms with Crippen molar-refractivity contribution in [3.63, 3.8) is 0 Å². The van der Waals surface area contributed by atoms with E-state index in [0.717, 1.165) is 12.3 Å². The molecule has 116 valence electrons. The molecule has 9 heteroatoms. The summed E-state index contributed by atoms with van der Waals surface area (Å²) in [5.74, 6) is 0.588. The second-order valence-electron chi connectivity index (χ2n) is 4.88. The van der Waals surface area contributed by atoms with Crippen molar-refractivity contribution >= 4 is 23.4 Å². The Balaban J connectivity index is 2.10. The van der Waals surface area contributed by atoms with Gasteiger partial charge >= 0.3 is 11.7 Å². The van der Waals surface area contributed by atoms with Crippen LogP contribution >= 0.6 is 11.8 Å². The van der Waals surface area contributed by atoms with Crippen LogP contribution in [-0.2, 0) is 16.2 Å². The maximum atomic E-state index is 11.6. The molecular weight excluding hydrogens is 296 g/mol.